The van der Waals surface area contributed by atoms with E-state index < -0.39 is 11.7 Å². The van der Waals surface area contributed by atoms with Crippen LogP contribution in [0, 0.1) is 0 Å². The van der Waals surface area contributed by atoms with Crippen molar-refractivity contribution in [3.63, 3.8) is 0 Å². The molecule has 18 heavy (non-hydrogen) atoms. The van der Waals surface area contributed by atoms with Crippen molar-refractivity contribution in [3.8, 4) is 0 Å². The van der Waals surface area contributed by atoms with Crippen LogP contribution < -0.4 is 10.6 Å². The Labute approximate surface area is 109 Å². The highest BCUT2D eigenvalue weighted by Crippen LogP contribution is 2.35. The number of hydrogen-bond donors (Lipinski definition) is 1. The maximum Gasteiger partial charge on any atom is 0.419 e. The van der Waals surface area contributed by atoms with Crippen LogP contribution in [-0.4, -0.2) is 23.1 Å². The number of hydrogen-bond acceptors (Lipinski definition) is 3. The van der Waals surface area contributed by atoms with E-state index in [0.29, 0.717) is 19.5 Å². The largest absolute Gasteiger partial charge is 0.419 e. The van der Waals surface area contributed by atoms with Gasteiger partial charge in [0.15, 0.2) is 0 Å². The predicted octanol–water partition coefficient (Wildman–Crippen LogP) is 2.60. The number of anilines is 1. The summed E-state index contributed by atoms with van der Waals surface area (Å²) >= 11 is 4.73. The minimum absolute atomic E-state index is 0.0799. The molecule has 0 unspecified atom stereocenters. The highest BCUT2D eigenvalue weighted by Gasteiger charge is 2.35. The molecule has 1 aromatic heterocycles. The van der Waals surface area contributed by atoms with Crippen LogP contribution in [0.2, 0.25) is 0 Å². The fraction of sp³-hybridized carbons (Fsp3) is 0.455. The lowest BCUT2D eigenvalue weighted by atomic mass is 10.2. The average molecular weight is 277 g/mol. The Morgan fingerprint density at radius 3 is 2.67 bits per heavy atom. The standard InChI is InChI=1S/C11H14F3N3S/c1-2-17(7-5-9(15)18)10-8(11(12,13)14)4-3-6-16-10/h3-4,6H,2,5,7H2,1H3,(H2,15,18). The maximum absolute atomic E-state index is 12.8. The third-order valence-corrected chi connectivity index (χ3v) is 2.61. The van der Waals surface area contributed by atoms with Crippen LogP contribution in [-0.2, 0) is 6.18 Å². The molecule has 2 N–H and O–H groups in total. The topological polar surface area (TPSA) is 42.1 Å². The molecule has 0 saturated heterocycles. The molecule has 0 aliphatic carbocycles. The highest BCUT2D eigenvalue weighted by atomic mass is 32.1. The fourth-order valence-corrected chi connectivity index (χ4v) is 1.62. The van der Waals surface area contributed by atoms with Gasteiger partial charge in [-0.1, -0.05) is 12.2 Å². The molecule has 0 aliphatic heterocycles. The van der Waals surface area contributed by atoms with Crippen molar-refractivity contribution < 1.29 is 13.2 Å². The van der Waals surface area contributed by atoms with Crippen LogP contribution in [0.1, 0.15) is 18.9 Å². The van der Waals surface area contributed by atoms with Crippen molar-refractivity contribution in [1.82, 2.24) is 4.98 Å². The molecule has 1 aromatic rings. The number of aromatic nitrogens is 1. The normalized spacial score (nSPS) is 11.3. The zero-order valence-electron chi connectivity index (χ0n) is 9.87. The number of pyridine rings is 1. The summed E-state index contributed by atoms with van der Waals surface area (Å²) in [5.74, 6) is -0.0799. The van der Waals surface area contributed by atoms with Crippen molar-refractivity contribution in [2.24, 2.45) is 5.73 Å². The fourth-order valence-electron chi connectivity index (χ4n) is 1.53. The van der Waals surface area contributed by atoms with Gasteiger partial charge in [0.05, 0.1) is 10.6 Å². The number of nitrogens with zero attached hydrogens (tertiary/aromatic N) is 2. The zero-order valence-corrected chi connectivity index (χ0v) is 10.7. The van der Waals surface area contributed by atoms with Crippen molar-refractivity contribution in [2.75, 3.05) is 18.0 Å². The lowest BCUT2D eigenvalue weighted by Crippen LogP contribution is -2.30. The van der Waals surface area contributed by atoms with Crippen molar-refractivity contribution >= 4 is 23.0 Å². The lowest BCUT2D eigenvalue weighted by Gasteiger charge is -2.24. The van der Waals surface area contributed by atoms with Crippen LogP contribution in [0.4, 0.5) is 19.0 Å². The summed E-state index contributed by atoms with van der Waals surface area (Å²) in [7, 11) is 0. The Morgan fingerprint density at radius 1 is 1.50 bits per heavy atom. The van der Waals surface area contributed by atoms with E-state index in [1.807, 2.05) is 0 Å². The van der Waals surface area contributed by atoms with E-state index in [2.05, 4.69) is 4.98 Å². The first kappa shape index (κ1) is 14.7. The SMILES string of the molecule is CCN(CCC(N)=S)c1ncccc1C(F)(F)F. The second-order valence-corrected chi connectivity index (χ2v) is 4.19. The number of rotatable bonds is 5. The summed E-state index contributed by atoms with van der Waals surface area (Å²) in [6, 6.07) is 2.29. The maximum atomic E-state index is 12.8. The first-order chi connectivity index (χ1) is 8.36. The summed E-state index contributed by atoms with van der Waals surface area (Å²) in [6.07, 6.45) is -2.72. The van der Waals surface area contributed by atoms with Crippen LogP contribution in [0.5, 0.6) is 0 Å². The molecule has 0 amide bonds. The van der Waals surface area contributed by atoms with Gasteiger partial charge in [0.2, 0.25) is 0 Å². The molecule has 0 spiro atoms. The Balaban J connectivity index is 3.02. The molecule has 0 bridgehead atoms. The highest BCUT2D eigenvalue weighted by molar-refractivity contribution is 7.80. The third kappa shape index (κ3) is 3.83. The van der Waals surface area contributed by atoms with E-state index in [1.54, 1.807) is 6.92 Å². The second kappa shape index (κ2) is 5.99. The first-order valence-electron chi connectivity index (χ1n) is 5.41. The Hall–Kier alpha value is -1.37. The van der Waals surface area contributed by atoms with Gasteiger partial charge in [-0.3, -0.25) is 0 Å². The molecular formula is C11H14F3N3S. The van der Waals surface area contributed by atoms with Gasteiger partial charge in [0.1, 0.15) is 5.82 Å². The van der Waals surface area contributed by atoms with Crippen LogP contribution >= 0.6 is 12.2 Å². The molecule has 1 rings (SSSR count). The molecule has 100 valence electrons. The molecule has 0 aliphatic rings. The Kier molecular flexibility index (Phi) is 4.89. The van der Waals surface area contributed by atoms with E-state index in [1.165, 1.54) is 17.2 Å². The van der Waals surface area contributed by atoms with Gasteiger partial charge in [0, 0.05) is 25.7 Å². The number of nitrogens with two attached hydrogens (primary N) is 1. The minimum atomic E-state index is -4.42. The molecule has 0 saturated carbocycles. The summed E-state index contributed by atoms with van der Waals surface area (Å²) < 4.78 is 38.5. The van der Waals surface area contributed by atoms with E-state index in [9.17, 15) is 13.2 Å². The molecule has 0 fully saturated rings. The molecule has 3 nitrogen and oxygen atoms in total. The van der Waals surface area contributed by atoms with Crippen LogP contribution in [0.15, 0.2) is 18.3 Å². The van der Waals surface area contributed by atoms with Gasteiger partial charge in [-0.25, -0.2) is 4.98 Å². The number of halogens is 3. The second-order valence-electron chi connectivity index (χ2n) is 3.67. The number of thiocarbonyl (C=S) groups is 1. The molecule has 0 aromatic carbocycles. The molecule has 0 radical (unpaired) electrons. The van der Waals surface area contributed by atoms with Gasteiger partial charge in [-0.15, -0.1) is 0 Å². The molecule has 0 atom stereocenters. The summed E-state index contributed by atoms with van der Waals surface area (Å²) in [6.45, 7) is 2.49. The molecular weight excluding hydrogens is 263 g/mol. The van der Waals surface area contributed by atoms with E-state index >= 15 is 0 Å². The quantitative estimate of drug-likeness (QED) is 0.840. The van der Waals surface area contributed by atoms with E-state index in [4.69, 9.17) is 18.0 Å². The average Bonchev–Trinajstić information content (AvgIpc) is 2.29. The smallest absolute Gasteiger partial charge is 0.393 e. The summed E-state index contributed by atoms with van der Waals surface area (Å²) in [5.41, 5.74) is 4.62. The third-order valence-electron chi connectivity index (χ3n) is 2.40. The van der Waals surface area contributed by atoms with Gasteiger partial charge in [-0.2, -0.15) is 13.2 Å². The van der Waals surface area contributed by atoms with Crippen molar-refractivity contribution in [2.45, 2.75) is 19.5 Å². The monoisotopic (exact) mass is 277 g/mol. The number of alkyl halides is 3. The van der Waals surface area contributed by atoms with Gasteiger partial charge >= 0.3 is 6.18 Å². The van der Waals surface area contributed by atoms with Crippen LogP contribution in [0.3, 0.4) is 0 Å². The van der Waals surface area contributed by atoms with Crippen molar-refractivity contribution in [3.05, 3.63) is 23.9 Å². The predicted molar refractivity (Wildman–Crippen MR) is 68.5 cm³/mol. The Bertz CT molecular complexity index is 420. The summed E-state index contributed by atoms with van der Waals surface area (Å²) in [5, 5.41) is 0. The van der Waals surface area contributed by atoms with Crippen LogP contribution in [0.25, 0.3) is 0 Å². The zero-order chi connectivity index (χ0) is 13.8. The van der Waals surface area contributed by atoms with Crippen molar-refractivity contribution in [1.29, 1.82) is 0 Å². The van der Waals surface area contributed by atoms with E-state index in [-0.39, 0.29) is 10.8 Å². The lowest BCUT2D eigenvalue weighted by molar-refractivity contribution is -0.137. The molecule has 7 heteroatoms. The van der Waals surface area contributed by atoms with E-state index in [0.717, 1.165) is 6.07 Å². The first-order valence-corrected chi connectivity index (χ1v) is 5.82. The minimum Gasteiger partial charge on any atom is -0.393 e. The molecule has 1 heterocycles. The van der Waals surface area contributed by atoms with Gasteiger partial charge in [0.25, 0.3) is 0 Å². The Morgan fingerprint density at radius 2 is 2.17 bits per heavy atom. The van der Waals surface area contributed by atoms with Gasteiger partial charge < -0.3 is 10.6 Å². The van der Waals surface area contributed by atoms with Gasteiger partial charge in [-0.05, 0) is 19.1 Å². The summed E-state index contributed by atoms with van der Waals surface area (Å²) in [4.78, 5) is 5.61.